The minimum atomic E-state index is -0.161. The molecule has 0 N–H and O–H groups in total. The zero-order valence-electron chi connectivity index (χ0n) is 16.1. The number of anilines is 1. The van der Waals surface area contributed by atoms with Crippen molar-refractivity contribution in [1.82, 2.24) is 4.90 Å². The Morgan fingerprint density at radius 3 is 2.29 bits per heavy atom. The highest BCUT2D eigenvalue weighted by molar-refractivity contribution is 5.85. The molecule has 28 heavy (non-hydrogen) atoms. The molecule has 3 nitrogen and oxygen atoms in total. The zero-order valence-corrected chi connectivity index (χ0v) is 17.0. The molecule has 5 heteroatoms. The highest BCUT2D eigenvalue weighted by Crippen LogP contribution is 2.48. The van der Waals surface area contributed by atoms with Gasteiger partial charge < -0.3 is 9.64 Å². The van der Waals surface area contributed by atoms with Crippen molar-refractivity contribution in [2.24, 2.45) is 0 Å². The van der Waals surface area contributed by atoms with Gasteiger partial charge in [-0.2, -0.15) is 0 Å². The molecule has 2 aliphatic heterocycles. The van der Waals surface area contributed by atoms with Crippen molar-refractivity contribution in [2.45, 2.75) is 37.1 Å². The fourth-order valence-electron chi connectivity index (χ4n) is 5.26. The van der Waals surface area contributed by atoms with Crippen molar-refractivity contribution in [3.63, 3.8) is 0 Å². The first-order chi connectivity index (χ1) is 13.2. The van der Waals surface area contributed by atoms with Gasteiger partial charge in [-0.3, -0.25) is 4.90 Å². The van der Waals surface area contributed by atoms with Crippen molar-refractivity contribution in [2.75, 3.05) is 37.7 Å². The van der Waals surface area contributed by atoms with Gasteiger partial charge in [-0.25, -0.2) is 4.39 Å². The molecular formula is C23H28ClFN2O. The lowest BCUT2D eigenvalue weighted by molar-refractivity contribution is 0.106. The minimum absolute atomic E-state index is 0. The van der Waals surface area contributed by atoms with Crippen LogP contribution in [0.15, 0.2) is 48.5 Å². The van der Waals surface area contributed by atoms with Gasteiger partial charge >= 0.3 is 0 Å². The van der Waals surface area contributed by atoms with Gasteiger partial charge in [0.15, 0.2) is 0 Å². The summed E-state index contributed by atoms with van der Waals surface area (Å²) in [5, 5.41) is 0. The molecule has 3 aliphatic rings. The number of para-hydroxylation sites is 1. The van der Waals surface area contributed by atoms with E-state index in [9.17, 15) is 4.39 Å². The summed E-state index contributed by atoms with van der Waals surface area (Å²) in [7, 11) is 0. The van der Waals surface area contributed by atoms with Crippen LogP contribution >= 0.6 is 12.4 Å². The Labute approximate surface area is 172 Å². The van der Waals surface area contributed by atoms with E-state index in [2.05, 4.69) is 34.1 Å². The predicted octanol–water partition coefficient (Wildman–Crippen LogP) is 4.64. The Bertz CT molecular complexity index is 797. The topological polar surface area (TPSA) is 15.7 Å². The lowest BCUT2D eigenvalue weighted by Crippen LogP contribution is -2.52. The summed E-state index contributed by atoms with van der Waals surface area (Å²) in [5.41, 5.74) is 2.83. The first-order valence-electron chi connectivity index (χ1n) is 10.2. The maximum absolute atomic E-state index is 13.1. The van der Waals surface area contributed by atoms with Gasteiger partial charge in [-0.15, -0.1) is 12.4 Å². The zero-order chi connectivity index (χ0) is 18.3. The van der Waals surface area contributed by atoms with Gasteiger partial charge in [-0.05, 0) is 56.0 Å². The van der Waals surface area contributed by atoms with E-state index in [4.69, 9.17) is 4.74 Å². The van der Waals surface area contributed by atoms with Crippen molar-refractivity contribution in [3.05, 3.63) is 59.9 Å². The molecule has 1 aliphatic carbocycles. The van der Waals surface area contributed by atoms with E-state index in [1.807, 2.05) is 12.1 Å². The van der Waals surface area contributed by atoms with Gasteiger partial charge in [0, 0.05) is 48.9 Å². The third-order valence-electron chi connectivity index (χ3n) is 6.90. The van der Waals surface area contributed by atoms with Crippen LogP contribution in [0.1, 0.15) is 31.2 Å². The minimum Gasteiger partial charge on any atom is -0.492 e. The Balaban J connectivity index is 0.00000192. The third kappa shape index (κ3) is 3.48. The second-order valence-corrected chi connectivity index (χ2v) is 8.30. The van der Waals surface area contributed by atoms with Gasteiger partial charge in [0.2, 0.25) is 0 Å². The van der Waals surface area contributed by atoms with E-state index in [1.165, 1.54) is 31.2 Å². The van der Waals surface area contributed by atoms with Crippen molar-refractivity contribution in [3.8, 4) is 5.75 Å². The average Bonchev–Trinajstić information content (AvgIpc) is 3.08. The summed E-state index contributed by atoms with van der Waals surface area (Å²) in [6.07, 6.45) is 4.97. The number of benzene rings is 2. The molecule has 150 valence electrons. The largest absolute Gasteiger partial charge is 0.492 e. The molecule has 5 rings (SSSR count). The SMILES string of the molecule is Cl.Fc1ccc(N2CCN(C3CCC4(CC3)COc3ccccc34)CC2)cc1. The summed E-state index contributed by atoms with van der Waals surface area (Å²) >= 11 is 0. The van der Waals surface area contributed by atoms with Crippen LogP contribution in [0, 0.1) is 5.82 Å². The normalized spacial score (nSPS) is 27.2. The van der Waals surface area contributed by atoms with Crippen molar-refractivity contribution < 1.29 is 9.13 Å². The fourth-order valence-corrected chi connectivity index (χ4v) is 5.26. The van der Waals surface area contributed by atoms with E-state index < -0.39 is 0 Å². The van der Waals surface area contributed by atoms with E-state index in [0.717, 1.165) is 44.2 Å². The number of halogens is 2. The smallest absolute Gasteiger partial charge is 0.123 e. The third-order valence-corrected chi connectivity index (χ3v) is 6.90. The Hall–Kier alpha value is -1.78. The van der Waals surface area contributed by atoms with E-state index in [0.29, 0.717) is 6.04 Å². The quantitative estimate of drug-likeness (QED) is 0.727. The Kier molecular flexibility index (Phi) is 5.52. The second kappa shape index (κ2) is 7.92. The number of hydrogen-bond donors (Lipinski definition) is 0. The molecule has 2 aromatic carbocycles. The van der Waals surface area contributed by atoms with Crippen LogP contribution in [0.25, 0.3) is 0 Å². The molecule has 2 heterocycles. The number of fused-ring (bicyclic) bond motifs is 2. The maximum atomic E-state index is 13.1. The molecule has 0 bridgehead atoms. The molecule has 1 saturated carbocycles. The number of hydrogen-bond acceptors (Lipinski definition) is 3. The van der Waals surface area contributed by atoms with Crippen LogP contribution in [0.2, 0.25) is 0 Å². The first kappa shape index (κ1) is 19.5. The summed E-state index contributed by atoms with van der Waals surface area (Å²) in [6.45, 7) is 5.11. The maximum Gasteiger partial charge on any atom is 0.123 e. The molecule has 0 aromatic heterocycles. The van der Waals surface area contributed by atoms with Crippen LogP contribution in [-0.2, 0) is 5.41 Å². The van der Waals surface area contributed by atoms with Crippen LogP contribution in [0.5, 0.6) is 5.75 Å². The highest BCUT2D eigenvalue weighted by Gasteiger charge is 2.44. The lowest BCUT2D eigenvalue weighted by Gasteiger charge is -2.44. The van der Waals surface area contributed by atoms with Crippen LogP contribution in [-0.4, -0.2) is 43.7 Å². The fraction of sp³-hybridized carbons (Fsp3) is 0.478. The average molecular weight is 403 g/mol. The number of rotatable bonds is 2. The molecule has 0 atom stereocenters. The summed E-state index contributed by atoms with van der Waals surface area (Å²) in [6, 6.07) is 16.2. The second-order valence-electron chi connectivity index (χ2n) is 8.30. The molecule has 0 amide bonds. The molecule has 1 saturated heterocycles. The van der Waals surface area contributed by atoms with Gasteiger partial charge in [-0.1, -0.05) is 18.2 Å². The van der Waals surface area contributed by atoms with Crippen molar-refractivity contribution >= 4 is 18.1 Å². The van der Waals surface area contributed by atoms with Gasteiger partial charge in [0.05, 0.1) is 6.61 Å². The first-order valence-corrected chi connectivity index (χ1v) is 10.2. The van der Waals surface area contributed by atoms with E-state index in [-0.39, 0.29) is 23.6 Å². The Morgan fingerprint density at radius 1 is 0.893 bits per heavy atom. The Morgan fingerprint density at radius 2 is 1.57 bits per heavy atom. The van der Waals surface area contributed by atoms with Crippen LogP contribution < -0.4 is 9.64 Å². The van der Waals surface area contributed by atoms with Crippen LogP contribution in [0.4, 0.5) is 10.1 Å². The van der Waals surface area contributed by atoms with E-state index in [1.54, 1.807) is 12.1 Å². The standard InChI is InChI=1S/C23H27FN2O.ClH/c24-18-5-7-19(8-6-18)25-13-15-26(16-14-25)20-9-11-23(12-10-20)17-27-22-4-2-1-3-21(22)23;/h1-8,20H,9-17H2;1H. The number of ether oxygens (including phenoxy) is 1. The van der Waals surface area contributed by atoms with Crippen molar-refractivity contribution in [1.29, 1.82) is 0 Å². The monoisotopic (exact) mass is 402 g/mol. The highest BCUT2D eigenvalue weighted by atomic mass is 35.5. The molecule has 1 spiro atoms. The van der Waals surface area contributed by atoms with Gasteiger partial charge in [0.25, 0.3) is 0 Å². The molecule has 2 fully saturated rings. The molecule has 0 radical (unpaired) electrons. The molecular weight excluding hydrogens is 375 g/mol. The lowest BCUT2D eigenvalue weighted by atomic mass is 9.69. The number of nitrogens with zero attached hydrogens (tertiary/aromatic N) is 2. The van der Waals surface area contributed by atoms with E-state index >= 15 is 0 Å². The number of piperazine rings is 1. The summed E-state index contributed by atoms with van der Waals surface area (Å²) in [5.74, 6) is 0.940. The van der Waals surface area contributed by atoms with Gasteiger partial charge in [0.1, 0.15) is 11.6 Å². The summed E-state index contributed by atoms with van der Waals surface area (Å²) in [4.78, 5) is 5.05. The van der Waals surface area contributed by atoms with Crippen LogP contribution in [0.3, 0.4) is 0 Å². The summed E-state index contributed by atoms with van der Waals surface area (Å²) < 4.78 is 19.1. The predicted molar refractivity (Wildman–Crippen MR) is 113 cm³/mol. The molecule has 2 aromatic rings. The molecule has 0 unspecified atom stereocenters.